The first-order valence-electron chi connectivity index (χ1n) is 9.40. The number of rotatable bonds is 5. The zero-order chi connectivity index (χ0) is 18.9. The van der Waals surface area contributed by atoms with Crippen molar-refractivity contribution in [3.8, 4) is 0 Å². The molecule has 2 aliphatic rings. The second-order valence-corrected chi connectivity index (χ2v) is 7.69. The first kappa shape index (κ1) is 18.9. The van der Waals surface area contributed by atoms with E-state index in [-0.39, 0.29) is 23.3 Å². The van der Waals surface area contributed by atoms with Crippen LogP contribution in [0, 0.1) is 19.3 Å². The molecule has 7 heteroatoms. The number of amides is 2. The maximum Gasteiger partial charge on any atom is 0.251 e. The van der Waals surface area contributed by atoms with Crippen LogP contribution in [0.1, 0.15) is 49.6 Å². The molecule has 0 radical (unpaired) electrons. The summed E-state index contributed by atoms with van der Waals surface area (Å²) in [5.74, 6) is 1.04. The van der Waals surface area contributed by atoms with Crippen LogP contribution in [-0.2, 0) is 20.9 Å². The van der Waals surface area contributed by atoms with Crippen LogP contribution in [0.15, 0.2) is 4.52 Å². The fourth-order valence-corrected chi connectivity index (χ4v) is 4.23. The van der Waals surface area contributed by atoms with E-state index in [0.717, 1.165) is 36.4 Å². The van der Waals surface area contributed by atoms with Gasteiger partial charge >= 0.3 is 0 Å². The molecule has 0 aromatic carbocycles. The molecule has 0 bridgehead atoms. The van der Waals surface area contributed by atoms with Gasteiger partial charge in [0.25, 0.3) is 5.91 Å². The summed E-state index contributed by atoms with van der Waals surface area (Å²) in [6, 6.07) is 0. The number of hydrogen-bond donors (Lipinski definition) is 0. The highest BCUT2D eigenvalue weighted by molar-refractivity contribution is 5.81. The Labute approximate surface area is 154 Å². The van der Waals surface area contributed by atoms with Crippen LogP contribution in [0.3, 0.4) is 0 Å². The summed E-state index contributed by atoms with van der Waals surface area (Å²) in [5, 5.41) is 3.98. The molecule has 2 aliphatic heterocycles. The van der Waals surface area contributed by atoms with Crippen molar-refractivity contribution in [2.24, 2.45) is 5.41 Å². The Balaban J connectivity index is 1.61. The molecular formula is C19H29N3O4. The average Bonchev–Trinajstić information content (AvgIpc) is 3.10. The van der Waals surface area contributed by atoms with Crippen LogP contribution in [0.5, 0.6) is 0 Å². The molecule has 1 aromatic heterocycles. The van der Waals surface area contributed by atoms with Gasteiger partial charge in [-0.2, -0.15) is 0 Å². The smallest absolute Gasteiger partial charge is 0.251 e. The summed E-state index contributed by atoms with van der Waals surface area (Å²) in [5.41, 5.74) is 1.84. The summed E-state index contributed by atoms with van der Waals surface area (Å²) in [7, 11) is 1.58. The number of carbonyl (C=O) groups excluding carboxylic acids is 2. The Morgan fingerprint density at radius 2 is 2.04 bits per heavy atom. The Morgan fingerprint density at radius 3 is 2.58 bits per heavy atom. The third-order valence-corrected chi connectivity index (χ3v) is 6.00. The number of aryl methyl sites for hydroxylation is 2. The molecule has 0 aliphatic carbocycles. The molecular weight excluding hydrogens is 334 g/mol. The van der Waals surface area contributed by atoms with Crippen LogP contribution >= 0.6 is 0 Å². The van der Waals surface area contributed by atoms with Gasteiger partial charge < -0.3 is 19.1 Å². The Bertz CT molecular complexity index is 653. The zero-order valence-corrected chi connectivity index (χ0v) is 16.2. The summed E-state index contributed by atoms with van der Waals surface area (Å²) in [6.45, 7) is 8.46. The molecule has 3 heterocycles. The number of piperidine rings is 1. The van der Waals surface area contributed by atoms with Crippen molar-refractivity contribution < 1.29 is 18.8 Å². The van der Waals surface area contributed by atoms with Crippen LogP contribution in [0.4, 0.5) is 0 Å². The van der Waals surface area contributed by atoms with Gasteiger partial charge in [-0.05, 0) is 33.1 Å². The molecule has 2 amide bonds. The van der Waals surface area contributed by atoms with E-state index in [9.17, 15) is 9.59 Å². The van der Waals surface area contributed by atoms with Gasteiger partial charge in [0.2, 0.25) is 5.91 Å². The highest BCUT2D eigenvalue weighted by Gasteiger charge is 2.46. The quantitative estimate of drug-likeness (QED) is 0.800. The van der Waals surface area contributed by atoms with Crippen LogP contribution < -0.4 is 0 Å². The maximum atomic E-state index is 12.6. The van der Waals surface area contributed by atoms with E-state index in [1.54, 1.807) is 7.11 Å². The zero-order valence-electron chi connectivity index (χ0n) is 16.2. The molecule has 0 N–H and O–H groups in total. The van der Waals surface area contributed by atoms with Crippen molar-refractivity contribution in [2.75, 3.05) is 26.7 Å². The molecule has 0 unspecified atom stereocenters. The lowest BCUT2D eigenvalue weighted by Crippen LogP contribution is -2.48. The molecule has 1 aromatic rings. The minimum Gasteiger partial charge on any atom is -0.372 e. The second-order valence-electron chi connectivity index (χ2n) is 7.69. The van der Waals surface area contributed by atoms with Crippen molar-refractivity contribution in [1.29, 1.82) is 0 Å². The molecule has 2 fully saturated rings. The van der Waals surface area contributed by atoms with Crippen molar-refractivity contribution in [3.63, 3.8) is 0 Å². The Hall–Kier alpha value is -1.89. The van der Waals surface area contributed by atoms with Crippen molar-refractivity contribution in [2.45, 2.75) is 59.1 Å². The SMILES string of the molecule is CC[C@@H](OC)C(=O)N1CCC2(CC1)CC(=O)N(Cc1c(C)noc1C)C2. The van der Waals surface area contributed by atoms with Crippen molar-refractivity contribution in [3.05, 3.63) is 17.0 Å². The van der Waals surface area contributed by atoms with Crippen molar-refractivity contribution in [1.82, 2.24) is 15.0 Å². The first-order valence-corrected chi connectivity index (χ1v) is 9.40. The molecule has 3 rings (SSSR count). The van der Waals surface area contributed by atoms with E-state index < -0.39 is 0 Å². The summed E-state index contributed by atoms with van der Waals surface area (Å²) >= 11 is 0. The molecule has 1 atom stereocenters. The van der Waals surface area contributed by atoms with Crippen LogP contribution in [0.2, 0.25) is 0 Å². The predicted octanol–water partition coefficient (Wildman–Crippen LogP) is 2.06. The molecule has 2 saturated heterocycles. The fraction of sp³-hybridized carbons (Fsp3) is 0.737. The first-order chi connectivity index (χ1) is 12.4. The number of hydrogen-bond acceptors (Lipinski definition) is 5. The topological polar surface area (TPSA) is 75.9 Å². The predicted molar refractivity (Wildman–Crippen MR) is 95.3 cm³/mol. The lowest BCUT2D eigenvalue weighted by molar-refractivity contribution is -0.144. The molecule has 7 nitrogen and oxygen atoms in total. The summed E-state index contributed by atoms with van der Waals surface area (Å²) < 4.78 is 10.5. The number of carbonyl (C=O) groups is 2. The van der Waals surface area contributed by atoms with Crippen LogP contribution in [-0.4, -0.2) is 59.6 Å². The largest absolute Gasteiger partial charge is 0.372 e. The maximum absolute atomic E-state index is 12.6. The Morgan fingerprint density at radius 1 is 1.35 bits per heavy atom. The van der Waals surface area contributed by atoms with Crippen molar-refractivity contribution >= 4 is 11.8 Å². The average molecular weight is 363 g/mol. The van der Waals surface area contributed by atoms with Gasteiger partial charge in [0.15, 0.2) is 0 Å². The second kappa shape index (κ2) is 7.39. The summed E-state index contributed by atoms with van der Waals surface area (Å²) in [6.07, 6.45) is 2.62. The number of methoxy groups -OCH3 is 1. The van der Waals surface area contributed by atoms with E-state index in [1.807, 2.05) is 30.6 Å². The normalized spacial score (nSPS) is 20.8. The van der Waals surface area contributed by atoms with E-state index in [0.29, 0.717) is 32.5 Å². The van der Waals surface area contributed by atoms with E-state index in [2.05, 4.69) is 5.16 Å². The van der Waals surface area contributed by atoms with Gasteiger partial charge in [-0.25, -0.2) is 0 Å². The monoisotopic (exact) mass is 363 g/mol. The molecule has 144 valence electrons. The third-order valence-electron chi connectivity index (χ3n) is 6.00. The standard InChI is InChI=1S/C19H29N3O4/c1-5-16(25-4)18(24)21-8-6-19(7-9-21)10-17(23)22(12-19)11-15-13(2)20-26-14(15)3/h16H,5-12H2,1-4H3/t16-/m1/s1. The van der Waals surface area contributed by atoms with E-state index in [4.69, 9.17) is 9.26 Å². The molecule has 0 saturated carbocycles. The number of aromatic nitrogens is 1. The van der Waals surface area contributed by atoms with Crippen LogP contribution in [0.25, 0.3) is 0 Å². The lowest BCUT2D eigenvalue weighted by Gasteiger charge is -2.39. The molecule has 1 spiro atoms. The number of nitrogens with zero attached hydrogens (tertiary/aromatic N) is 3. The van der Waals surface area contributed by atoms with Gasteiger partial charge in [0, 0.05) is 44.1 Å². The highest BCUT2D eigenvalue weighted by Crippen LogP contribution is 2.42. The van der Waals surface area contributed by atoms with Gasteiger partial charge in [0.05, 0.1) is 12.2 Å². The van der Waals surface area contributed by atoms with Gasteiger partial charge in [-0.15, -0.1) is 0 Å². The third kappa shape index (κ3) is 3.49. The molecule has 26 heavy (non-hydrogen) atoms. The lowest BCUT2D eigenvalue weighted by atomic mass is 9.77. The highest BCUT2D eigenvalue weighted by atomic mass is 16.5. The van der Waals surface area contributed by atoms with Gasteiger partial charge in [-0.1, -0.05) is 12.1 Å². The minimum atomic E-state index is -0.356. The minimum absolute atomic E-state index is 0.0123. The van der Waals surface area contributed by atoms with Gasteiger partial charge in [0.1, 0.15) is 11.9 Å². The Kier molecular flexibility index (Phi) is 5.37. The summed E-state index contributed by atoms with van der Waals surface area (Å²) in [4.78, 5) is 28.9. The number of ether oxygens (including phenoxy) is 1. The number of likely N-dealkylation sites (tertiary alicyclic amines) is 2. The fourth-order valence-electron chi connectivity index (χ4n) is 4.23. The van der Waals surface area contributed by atoms with E-state index >= 15 is 0 Å². The van der Waals surface area contributed by atoms with E-state index in [1.165, 1.54) is 0 Å². The van der Waals surface area contributed by atoms with Gasteiger partial charge in [-0.3, -0.25) is 9.59 Å².